The molecule has 4 saturated carbocycles. The molecule has 30 heavy (non-hydrogen) atoms. The minimum Gasteiger partial charge on any atom is -0.465 e. The number of anilines is 1. The number of rotatable bonds is 3. The molecule has 0 atom stereocenters. The molecule has 5 aliphatic carbocycles. The van der Waals surface area contributed by atoms with Crippen molar-refractivity contribution in [2.24, 2.45) is 23.2 Å². The van der Waals surface area contributed by atoms with Crippen molar-refractivity contribution in [3.05, 3.63) is 41.0 Å². The van der Waals surface area contributed by atoms with Gasteiger partial charge in [-0.1, -0.05) is 24.3 Å². The first-order valence-electron chi connectivity index (χ1n) is 11.2. The van der Waals surface area contributed by atoms with Gasteiger partial charge in [0.1, 0.15) is 5.00 Å². The predicted molar refractivity (Wildman–Crippen MR) is 118 cm³/mol. The van der Waals surface area contributed by atoms with Crippen LogP contribution in [-0.4, -0.2) is 19.0 Å². The maximum atomic E-state index is 13.6. The van der Waals surface area contributed by atoms with Gasteiger partial charge in [-0.3, -0.25) is 4.79 Å². The topological polar surface area (TPSA) is 55.4 Å². The zero-order valence-electron chi connectivity index (χ0n) is 17.3. The SMILES string of the molecule is COC(=O)c1c(NC(=O)C23CC4CC(CC(C4)C2)C3)sc2c1CCc1ccccc1-2. The van der Waals surface area contributed by atoms with Crippen LogP contribution >= 0.6 is 11.3 Å². The number of carbonyl (C=O) groups excluding carboxylic acids is 2. The summed E-state index contributed by atoms with van der Waals surface area (Å²) in [5.41, 5.74) is 3.87. The zero-order chi connectivity index (χ0) is 20.5. The van der Waals surface area contributed by atoms with Crippen molar-refractivity contribution in [2.45, 2.75) is 51.4 Å². The Morgan fingerprint density at radius 2 is 1.70 bits per heavy atom. The molecule has 5 heteroatoms. The van der Waals surface area contributed by atoms with E-state index in [9.17, 15) is 9.59 Å². The van der Waals surface area contributed by atoms with E-state index in [4.69, 9.17) is 4.74 Å². The van der Waals surface area contributed by atoms with Gasteiger partial charge < -0.3 is 10.1 Å². The van der Waals surface area contributed by atoms with Crippen molar-refractivity contribution in [3.63, 3.8) is 0 Å². The normalized spacial score (nSPS) is 30.5. The summed E-state index contributed by atoms with van der Waals surface area (Å²) < 4.78 is 5.14. The van der Waals surface area contributed by atoms with Crippen LogP contribution in [0, 0.1) is 23.2 Å². The average molecular weight is 422 g/mol. The Kier molecular flexibility index (Phi) is 4.14. The molecular weight excluding hydrogens is 394 g/mol. The number of benzene rings is 1. The number of carbonyl (C=O) groups is 2. The Balaban J connectivity index is 1.38. The molecule has 0 aliphatic heterocycles. The summed E-state index contributed by atoms with van der Waals surface area (Å²) in [6, 6.07) is 8.38. The number of aryl methyl sites for hydroxylation is 1. The van der Waals surface area contributed by atoms with Crippen LogP contribution in [0.25, 0.3) is 10.4 Å². The number of methoxy groups -OCH3 is 1. The lowest BCUT2D eigenvalue weighted by Crippen LogP contribution is -2.51. The predicted octanol–water partition coefficient (Wildman–Crippen LogP) is 5.46. The molecule has 0 radical (unpaired) electrons. The first-order valence-corrected chi connectivity index (χ1v) is 12.0. The summed E-state index contributed by atoms with van der Waals surface area (Å²) in [4.78, 5) is 27.5. The largest absolute Gasteiger partial charge is 0.465 e. The van der Waals surface area contributed by atoms with Gasteiger partial charge in [-0.25, -0.2) is 4.79 Å². The summed E-state index contributed by atoms with van der Waals surface area (Å²) in [7, 11) is 1.42. The highest BCUT2D eigenvalue weighted by atomic mass is 32.1. The fourth-order valence-corrected chi connectivity index (χ4v) is 8.46. The summed E-state index contributed by atoms with van der Waals surface area (Å²) in [6.07, 6.45) is 8.70. The number of hydrogen-bond acceptors (Lipinski definition) is 4. The van der Waals surface area contributed by atoms with E-state index in [0.717, 1.165) is 42.5 Å². The molecule has 1 amide bonds. The molecule has 0 spiro atoms. The van der Waals surface area contributed by atoms with E-state index in [1.807, 2.05) is 6.07 Å². The first-order chi connectivity index (χ1) is 14.6. The second-order valence-electron chi connectivity index (χ2n) is 9.91. The quantitative estimate of drug-likeness (QED) is 0.670. The van der Waals surface area contributed by atoms with Crippen molar-refractivity contribution >= 4 is 28.2 Å². The van der Waals surface area contributed by atoms with E-state index in [1.54, 1.807) is 11.3 Å². The lowest BCUT2D eigenvalue weighted by Gasteiger charge is -2.55. The Morgan fingerprint density at radius 1 is 1.03 bits per heavy atom. The van der Waals surface area contributed by atoms with E-state index in [1.165, 1.54) is 37.5 Å². The summed E-state index contributed by atoms with van der Waals surface area (Å²) in [5.74, 6) is 1.94. The van der Waals surface area contributed by atoms with Gasteiger partial charge in [-0.15, -0.1) is 11.3 Å². The molecule has 1 heterocycles. The maximum absolute atomic E-state index is 13.6. The molecule has 1 N–H and O–H groups in total. The van der Waals surface area contributed by atoms with Crippen molar-refractivity contribution < 1.29 is 14.3 Å². The van der Waals surface area contributed by atoms with E-state index >= 15 is 0 Å². The van der Waals surface area contributed by atoms with Crippen molar-refractivity contribution in [1.29, 1.82) is 0 Å². The zero-order valence-corrected chi connectivity index (χ0v) is 18.1. The third-order valence-electron chi connectivity index (χ3n) is 8.05. The molecule has 2 aromatic rings. The van der Waals surface area contributed by atoms with Gasteiger partial charge in [-0.05, 0) is 85.8 Å². The molecule has 1 aromatic heterocycles. The standard InChI is InChI=1S/C25H27NO3S/c1-29-23(27)20-19-7-6-17-4-2-3-5-18(17)21(19)30-22(20)26-24(28)25-11-14-8-15(12-25)10-16(9-14)13-25/h2-5,14-16H,6-13H2,1H3,(H,26,28). The summed E-state index contributed by atoms with van der Waals surface area (Å²) in [6.45, 7) is 0. The Morgan fingerprint density at radius 3 is 2.37 bits per heavy atom. The molecule has 4 nitrogen and oxygen atoms in total. The molecule has 156 valence electrons. The number of esters is 1. The second-order valence-corrected chi connectivity index (χ2v) is 10.9. The van der Waals surface area contributed by atoms with Crippen molar-refractivity contribution in [3.8, 4) is 10.4 Å². The number of nitrogens with one attached hydrogen (secondary N) is 1. The second kappa shape index (κ2) is 6.68. The summed E-state index contributed by atoms with van der Waals surface area (Å²) in [5, 5.41) is 3.93. The Hall–Kier alpha value is -2.14. The molecular formula is C25H27NO3S. The average Bonchev–Trinajstić information content (AvgIpc) is 3.10. The lowest BCUT2D eigenvalue weighted by molar-refractivity contribution is -0.140. The number of amides is 1. The maximum Gasteiger partial charge on any atom is 0.341 e. The summed E-state index contributed by atoms with van der Waals surface area (Å²) >= 11 is 1.55. The van der Waals surface area contributed by atoms with Gasteiger partial charge in [0.25, 0.3) is 0 Å². The number of thiophene rings is 1. The Labute approximate surface area is 181 Å². The minimum atomic E-state index is -0.340. The number of fused-ring (bicyclic) bond motifs is 3. The van der Waals surface area contributed by atoms with E-state index < -0.39 is 0 Å². The lowest BCUT2D eigenvalue weighted by atomic mass is 9.49. The van der Waals surface area contributed by atoms with Gasteiger partial charge in [-0.2, -0.15) is 0 Å². The number of ether oxygens (including phenoxy) is 1. The molecule has 1 aromatic carbocycles. The monoisotopic (exact) mass is 421 g/mol. The van der Waals surface area contributed by atoms with Gasteiger partial charge >= 0.3 is 5.97 Å². The molecule has 4 bridgehead atoms. The third kappa shape index (κ3) is 2.71. The van der Waals surface area contributed by atoms with E-state index in [-0.39, 0.29) is 17.3 Å². The van der Waals surface area contributed by atoms with Crippen LogP contribution in [-0.2, 0) is 22.4 Å². The fraction of sp³-hybridized carbons (Fsp3) is 0.520. The molecule has 0 saturated heterocycles. The fourth-order valence-electron chi connectivity index (χ4n) is 7.17. The van der Waals surface area contributed by atoms with Crippen molar-refractivity contribution in [2.75, 3.05) is 12.4 Å². The van der Waals surface area contributed by atoms with Crippen LogP contribution in [0.2, 0.25) is 0 Å². The van der Waals surface area contributed by atoms with Gasteiger partial charge in [0.15, 0.2) is 0 Å². The Bertz CT molecular complexity index is 1020. The van der Waals surface area contributed by atoms with Gasteiger partial charge in [0.05, 0.1) is 18.1 Å². The van der Waals surface area contributed by atoms with Gasteiger partial charge in [0.2, 0.25) is 5.91 Å². The van der Waals surface area contributed by atoms with E-state index in [2.05, 4.69) is 23.5 Å². The first kappa shape index (κ1) is 18.6. The van der Waals surface area contributed by atoms with Crippen LogP contribution in [0.4, 0.5) is 5.00 Å². The number of hydrogen-bond donors (Lipinski definition) is 1. The molecule has 5 aliphatic rings. The van der Waals surface area contributed by atoms with Crippen LogP contribution < -0.4 is 5.32 Å². The van der Waals surface area contributed by atoms with E-state index in [0.29, 0.717) is 28.3 Å². The van der Waals surface area contributed by atoms with Crippen LogP contribution in [0.15, 0.2) is 24.3 Å². The van der Waals surface area contributed by atoms with Crippen LogP contribution in [0.1, 0.15) is 60.0 Å². The molecule has 4 fully saturated rings. The smallest absolute Gasteiger partial charge is 0.341 e. The van der Waals surface area contributed by atoms with Crippen LogP contribution in [0.3, 0.4) is 0 Å². The highest BCUT2D eigenvalue weighted by Crippen LogP contribution is 2.60. The molecule has 0 unspecified atom stereocenters. The molecule has 7 rings (SSSR count). The third-order valence-corrected chi connectivity index (χ3v) is 9.23. The van der Waals surface area contributed by atoms with Gasteiger partial charge in [0, 0.05) is 4.88 Å². The minimum absolute atomic E-state index is 0.138. The van der Waals surface area contributed by atoms with Crippen LogP contribution in [0.5, 0.6) is 0 Å². The highest BCUT2D eigenvalue weighted by Gasteiger charge is 2.54. The van der Waals surface area contributed by atoms with Crippen molar-refractivity contribution in [1.82, 2.24) is 0 Å². The highest BCUT2D eigenvalue weighted by molar-refractivity contribution is 7.20.